The van der Waals surface area contributed by atoms with E-state index in [1.54, 1.807) is 14.2 Å². The summed E-state index contributed by atoms with van der Waals surface area (Å²) in [6.07, 6.45) is 5.98. The van der Waals surface area contributed by atoms with Gasteiger partial charge in [-0.1, -0.05) is 18.2 Å². The van der Waals surface area contributed by atoms with Gasteiger partial charge in [0.15, 0.2) is 0 Å². The highest BCUT2D eigenvalue weighted by Gasteiger charge is 2.22. The van der Waals surface area contributed by atoms with Crippen molar-refractivity contribution < 1.29 is 9.47 Å². The number of hydrogen-bond acceptors (Lipinski definition) is 7. The van der Waals surface area contributed by atoms with Gasteiger partial charge in [0, 0.05) is 43.2 Å². The molecule has 0 unspecified atom stereocenters. The van der Waals surface area contributed by atoms with E-state index in [1.165, 1.54) is 24.8 Å². The summed E-state index contributed by atoms with van der Waals surface area (Å²) in [6, 6.07) is 12.7. The highest BCUT2D eigenvalue weighted by Crippen LogP contribution is 2.32. The topological polar surface area (TPSA) is 71.5 Å². The molecular weight excluding hydrogens is 438 g/mol. The molecule has 188 valence electrons. The van der Waals surface area contributed by atoms with Crippen LogP contribution in [0.2, 0.25) is 0 Å². The van der Waals surface area contributed by atoms with E-state index >= 15 is 0 Å². The fourth-order valence-corrected chi connectivity index (χ4v) is 5.15. The molecule has 1 fully saturated rings. The summed E-state index contributed by atoms with van der Waals surface area (Å²) in [4.78, 5) is 11.6. The number of ether oxygens (including phenoxy) is 2. The number of methoxy groups -OCH3 is 2. The molecule has 0 atom stereocenters. The molecule has 3 aromatic rings. The van der Waals surface area contributed by atoms with Gasteiger partial charge < -0.3 is 25.0 Å². The first-order valence-corrected chi connectivity index (χ1v) is 12.6. The first kappa shape index (κ1) is 25.0. The maximum Gasteiger partial charge on any atom is 0.225 e. The molecule has 4 rings (SSSR count). The van der Waals surface area contributed by atoms with Crippen LogP contribution in [0.4, 0.5) is 11.8 Å². The zero-order valence-corrected chi connectivity index (χ0v) is 21.7. The summed E-state index contributed by atoms with van der Waals surface area (Å²) in [6.45, 7) is 3.85. The fraction of sp³-hybridized carbons (Fsp3) is 0.500. The van der Waals surface area contributed by atoms with Crippen molar-refractivity contribution in [3.05, 3.63) is 47.5 Å². The van der Waals surface area contributed by atoms with Gasteiger partial charge in [0.1, 0.15) is 17.3 Å². The summed E-state index contributed by atoms with van der Waals surface area (Å²) in [7, 11) is 7.48. The highest BCUT2D eigenvalue weighted by molar-refractivity contribution is 5.90. The molecule has 35 heavy (non-hydrogen) atoms. The molecule has 2 N–H and O–H groups in total. The normalized spacial score (nSPS) is 17.9. The van der Waals surface area contributed by atoms with E-state index in [1.807, 2.05) is 39.2 Å². The third-order valence-corrected chi connectivity index (χ3v) is 7.09. The number of hydrogen-bond donors (Lipinski definition) is 2. The van der Waals surface area contributed by atoms with Crippen molar-refractivity contribution in [1.82, 2.24) is 15.3 Å². The fourth-order valence-electron chi connectivity index (χ4n) is 5.15. The van der Waals surface area contributed by atoms with Crippen LogP contribution in [0.5, 0.6) is 11.5 Å². The standard InChI is InChI=1S/C28H39N5O2/c1-19-25(34-4)15-12-21(26(19)35-5)18-29-17-16-20-10-13-22(14-11-20)30-28-31-24-9-7-6-8-23(24)27(32-28)33(2)3/h6-9,12,15,20,22,29H,10-11,13-14,16-18H2,1-5H3,(H,30,31,32)/t20-,22+. The van der Waals surface area contributed by atoms with E-state index in [-0.39, 0.29) is 0 Å². The molecule has 7 nitrogen and oxygen atoms in total. The zero-order valence-electron chi connectivity index (χ0n) is 21.7. The predicted octanol–water partition coefficient (Wildman–Crippen LogP) is 5.17. The van der Waals surface area contributed by atoms with Crippen molar-refractivity contribution in [2.75, 3.05) is 45.1 Å². The summed E-state index contributed by atoms with van der Waals surface area (Å²) in [5.41, 5.74) is 3.21. The summed E-state index contributed by atoms with van der Waals surface area (Å²) >= 11 is 0. The van der Waals surface area contributed by atoms with Crippen LogP contribution in [0.3, 0.4) is 0 Å². The first-order chi connectivity index (χ1) is 17.0. The first-order valence-electron chi connectivity index (χ1n) is 12.6. The molecule has 0 amide bonds. The van der Waals surface area contributed by atoms with Crippen molar-refractivity contribution in [2.45, 2.75) is 51.6 Å². The maximum absolute atomic E-state index is 5.63. The van der Waals surface area contributed by atoms with Crippen molar-refractivity contribution in [3.8, 4) is 11.5 Å². The van der Waals surface area contributed by atoms with Gasteiger partial charge in [0.25, 0.3) is 0 Å². The van der Waals surface area contributed by atoms with Crippen LogP contribution < -0.4 is 25.0 Å². The lowest BCUT2D eigenvalue weighted by Crippen LogP contribution is -2.28. The summed E-state index contributed by atoms with van der Waals surface area (Å²) < 4.78 is 11.0. The molecule has 7 heteroatoms. The number of nitrogens with zero attached hydrogens (tertiary/aromatic N) is 3. The zero-order chi connectivity index (χ0) is 24.8. The van der Waals surface area contributed by atoms with Gasteiger partial charge in [0.05, 0.1) is 19.7 Å². The smallest absolute Gasteiger partial charge is 0.225 e. The van der Waals surface area contributed by atoms with Crippen molar-refractivity contribution in [2.24, 2.45) is 5.92 Å². The van der Waals surface area contributed by atoms with Crippen molar-refractivity contribution in [3.63, 3.8) is 0 Å². The number of nitrogens with one attached hydrogen (secondary N) is 2. The van der Waals surface area contributed by atoms with Gasteiger partial charge in [-0.05, 0) is 69.7 Å². The van der Waals surface area contributed by atoms with Gasteiger partial charge in [-0.25, -0.2) is 4.98 Å². The van der Waals surface area contributed by atoms with Gasteiger partial charge in [-0.3, -0.25) is 0 Å². The Bertz CT molecular complexity index is 1130. The second kappa shape index (κ2) is 11.6. The third-order valence-electron chi connectivity index (χ3n) is 7.09. The molecule has 0 spiro atoms. The van der Waals surface area contributed by atoms with Gasteiger partial charge in [-0.2, -0.15) is 4.98 Å². The Kier molecular flexibility index (Phi) is 8.29. The Hall–Kier alpha value is -3.06. The molecule has 1 aromatic heterocycles. The Morgan fingerprint density at radius 1 is 0.971 bits per heavy atom. The van der Waals surface area contributed by atoms with E-state index in [0.29, 0.717) is 6.04 Å². The van der Waals surface area contributed by atoms with Crippen molar-refractivity contribution in [1.29, 1.82) is 0 Å². The summed E-state index contributed by atoms with van der Waals surface area (Å²) in [5.74, 6) is 4.23. The number of benzene rings is 2. The van der Waals surface area contributed by atoms with Crippen LogP contribution in [0, 0.1) is 12.8 Å². The molecule has 1 aliphatic rings. The van der Waals surface area contributed by atoms with Gasteiger partial charge in [-0.15, -0.1) is 0 Å². The molecule has 0 bridgehead atoms. The van der Waals surface area contributed by atoms with Crippen LogP contribution in [-0.4, -0.2) is 50.9 Å². The molecule has 0 saturated heterocycles. The number of anilines is 2. The lowest BCUT2D eigenvalue weighted by Gasteiger charge is -2.29. The van der Waals surface area contributed by atoms with E-state index < -0.39 is 0 Å². The highest BCUT2D eigenvalue weighted by atomic mass is 16.5. The van der Waals surface area contributed by atoms with E-state index in [0.717, 1.165) is 71.6 Å². The Labute approximate surface area is 209 Å². The minimum absolute atomic E-state index is 0.432. The predicted molar refractivity (Wildman–Crippen MR) is 144 cm³/mol. The number of fused-ring (bicyclic) bond motifs is 1. The van der Waals surface area contributed by atoms with Crippen LogP contribution in [0.1, 0.15) is 43.2 Å². The van der Waals surface area contributed by atoms with Crippen LogP contribution in [0.15, 0.2) is 36.4 Å². The van der Waals surface area contributed by atoms with E-state index in [4.69, 9.17) is 19.4 Å². The molecule has 0 radical (unpaired) electrons. The van der Waals surface area contributed by atoms with Gasteiger partial charge >= 0.3 is 0 Å². The largest absolute Gasteiger partial charge is 0.496 e. The SMILES string of the molecule is COc1ccc(CNCC[C@H]2CC[C@@H](Nc3nc(N(C)C)c4ccccc4n3)CC2)c(OC)c1C. The summed E-state index contributed by atoms with van der Waals surface area (Å²) in [5, 5.41) is 8.31. The Morgan fingerprint density at radius 3 is 2.46 bits per heavy atom. The van der Waals surface area contributed by atoms with Crippen LogP contribution in [0.25, 0.3) is 10.9 Å². The molecule has 0 aliphatic heterocycles. The minimum Gasteiger partial charge on any atom is -0.496 e. The van der Waals surface area contributed by atoms with Crippen LogP contribution in [-0.2, 0) is 6.54 Å². The van der Waals surface area contributed by atoms with E-state index in [9.17, 15) is 0 Å². The maximum atomic E-state index is 5.63. The molecule has 1 saturated carbocycles. The Morgan fingerprint density at radius 2 is 1.74 bits per heavy atom. The monoisotopic (exact) mass is 477 g/mol. The number of para-hydroxylation sites is 1. The lowest BCUT2D eigenvalue weighted by molar-refractivity contribution is 0.316. The quantitative estimate of drug-likeness (QED) is 0.390. The minimum atomic E-state index is 0.432. The van der Waals surface area contributed by atoms with Gasteiger partial charge in [0.2, 0.25) is 5.95 Å². The average molecular weight is 478 g/mol. The third kappa shape index (κ3) is 5.96. The average Bonchev–Trinajstić information content (AvgIpc) is 2.87. The van der Waals surface area contributed by atoms with Crippen molar-refractivity contribution >= 4 is 22.7 Å². The molecule has 2 aromatic carbocycles. The molecule has 1 heterocycles. The second-order valence-corrected chi connectivity index (χ2v) is 9.70. The molecular formula is C28H39N5O2. The number of rotatable bonds is 10. The van der Waals surface area contributed by atoms with E-state index in [2.05, 4.69) is 33.7 Å². The van der Waals surface area contributed by atoms with Crippen LogP contribution >= 0.6 is 0 Å². The lowest BCUT2D eigenvalue weighted by atomic mass is 9.84. The Balaban J connectivity index is 1.25. The molecule has 1 aliphatic carbocycles. The number of aromatic nitrogens is 2. The second-order valence-electron chi connectivity index (χ2n) is 9.70.